The van der Waals surface area contributed by atoms with Crippen LogP contribution in [0, 0.1) is 0 Å². The van der Waals surface area contributed by atoms with Crippen LogP contribution in [0.3, 0.4) is 0 Å². The summed E-state index contributed by atoms with van der Waals surface area (Å²) in [6.07, 6.45) is 71.4. The number of ether oxygens (including phenoxy) is 3. The minimum Gasteiger partial charge on any atom is -0.462 e. The van der Waals surface area contributed by atoms with Crippen molar-refractivity contribution in [1.29, 1.82) is 0 Å². The Morgan fingerprint density at radius 1 is 0.286 bits per heavy atom. The van der Waals surface area contributed by atoms with Crippen molar-refractivity contribution in [1.82, 2.24) is 0 Å². The number of esters is 3. The van der Waals surface area contributed by atoms with Gasteiger partial charge in [-0.15, -0.1) is 0 Å². The normalized spacial score (nSPS) is 12.2. The molecule has 1 atom stereocenters. The molecule has 0 heterocycles. The number of allylic oxidation sites excluding steroid dienone is 6. The van der Waals surface area contributed by atoms with Gasteiger partial charge in [0.1, 0.15) is 13.2 Å². The van der Waals surface area contributed by atoms with Crippen LogP contribution in [-0.4, -0.2) is 37.2 Å². The molecule has 0 aliphatic rings. The third-order valence-corrected chi connectivity index (χ3v) is 13.9. The molecule has 0 aliphatic heterocycles. The zero-order valence-electron chi connectivity index (χ0n) is 47.1. The molecule has 0 aromatic carbocycles. The summed E-state index contributed by atoms with van der Waals surface area (Å²) in [6.45, 7) is 6.66. The van der Waals surface area contributed by atoms with Gasteiger partial charge in [0, 0.05) is 19.3 Å². The number of hydrogen-bond acceptors (Lipinski definition) is 6. The first-order valence-corrected chi connectivity index (χ1v) is 31.0. The van der Waals surface area contributed by atoms with Gasteiger partial charge < -0.3 is 14.2 Å². The van der Waals surface area contributed by atoms with E-state index in [1.165, 1.54) is 218 Å². The van der Waals surface area contributed by atoms with Gasteiger partial charge in [-0.25, -0.2) is 0 Å². The SMILES string of the molecule is CCCCCC/C=C\CCCCCCCCCC(=O)OCC(COC(=O)CCCCCCCCCCCCCCCCCCCCC)OC(=O)CCCCCCC/C=C\C=C/CCCCCCCCC. The van der Waals surface area contributed by atoms with Crippen LogP contribution in [-0.2, 0) is 28.6 Å². The standard InChI is InChI=1S/C64H118O6/c1-4-7-10-13-16-19-22-25-28-30-32-34-36-39-42-45-48-51-54-57-63(66)69-60-61(59-68-62(65)56-53-50-47-44-41-38-35-27-24-21-18-15-12-9-6-3)70-64(67)58-55-52-49-46-43-40-37-33-31-29-26-23-20-17-14-11-8-5-2/h21,24,29,31,33,37,61H,4-20,22-23,25-28,30,32,34-36,38-60H2,1-3H3/b24-21-,31-29-,37-33-. The lowest BCUT2D eigenvalue weighted by atomic mass is 10.0. The molecule has 0 bridgehead atoms. The van der Waals surface area contributed by atoms with E-state index in [1.807, 2.05) is 0 Å². The van der Waals surface area contributed by atoms with Gasteiger partial charge in [-0.3, -0.25) is 14.4 Å². The number of carbonyl (C=O) groups is 3. The second kappa shape index (κ2) is 59.2. The highest BCUT2D eigenvalue weighted by Gasteiger charge is 2.19. The van der Waals surface area contributed by atoms with Crippen molar-refractivity contribution in [2.75, 3.05) is 13.2 Å². The quantitative estimate of drug-likeness (QED) is 0.0199. The minimum absolute atomic E-state index is 0.0758. The Labute approximate surface area is 435 Å². The van der Waals surface area contributed by atoms with E-state index in [0.29, 0.717) is 19.3 Å². The molecule has 0 radical (unpaired) electrons. The summed E-state index contributed by atoms with van der Waals surface area (Å²) >= 11 is 0. The molecule has 0 saturated heterocycles. The summed E-state index contributed by atoms with van der Waals surface area (Å²) in [5.41, 5.74) is 0. The van der Waals surface area contributed by atoms with E-state index >= 15 is 0 Å². The van der Waals surface area contributed by atoms with Crippen LogP contribution >= 0.6 is 0 Å². The van der Waals surface area contributed by atoms with Gasteiger partial charge in [-0.05, 0) is 70.6 Å². The van der Waals surface area contributed by atoms with Gasteiger partial charge in [0.05, 0.1) is 0 Å². The molecule has 410 valence electrons. The zero-order chi connectivity index (χ0) is 50.7. The van der Waals surface area contributed by atoms with E-state index in [4.69, 9.17) is 14.2 Å². The molecule has 70 heavy (non-hydrogen) atoms. The molecular formula is C64H118O6. The van der Waals surface area contributed by atoms with Crippen molar-refractivity contribution in [3.05, 3.63) is 36.5 Å². The van der Waals surface area contributed by atoms with E-state index in [0.717, 1.165) is 77.0 Å². The van der Waals surface area contributed by atoms with Crippen molar-refractivity contribution in [3.63, 3.8) is 0 Å². The topological polar surface area (TPSA) is 78.9 Å². The highest BCUT2D eigenvalue weighted by atomic mass is 16.6. The predicted molar refractivity (Wildman–Crippen MR) is 302 cm³/mol. The summed E-state index contributed by atoms with van der Waals surface area (Å²) in [5, 5.41) is 0. The van der Waals surface area contributed by atoms with E-state index in [1.54, 1.807) is 0 Å². The van der Waals surface area contributed by atoms with Crippen LogP contribution in [0.25, 0.3) is 0 Å². The molecule has 0 saturated carbocycles. The Morgan fingerprint density at radius 2 is 0.514 bits per heavy atom. The first kappa shape index (κ1) is 67.6. The molecule has 0 aromatic rings. The first-order valence-electron chi connectivity index (χ1n) is 31.0. The molecule has 0 fully saturated rings. The van der Waals surface area contributed by atoms with Gasteiger partial charge in [0.15, 0.2) is 6.10 Å². The molecule has 0 spiro atoms. The lowest BCUT2D eigenvalue weighted by molar-refractivity contribution is -0.167. The fraction of sp³-hybridized carbons (Fsp3) is 0.859. The van der Waals surface area contributed by atoms with Crippen molar-refractivity contribution in [2.45, 2.75) is 341 Å². The Hall–Kier alpha value is -2.37. The largest absolute Gasteiger partial charge is 0.462 e. The molecule has 0 N–H and O–H groups in total. The van der Waals surface area contributed by atoms with Crippen LogP contribution in [0.4, 0.5) is 0 Å². The maximum absolute atomic E-state index is 12.9. The molecule has 0 amide bonds. The van der Waals surface area contributed by atoms with Gasteiger partial charge >= 0.3 is 17.9 Å². The molecule has 0 aromatic heterocycles. The molecule has 0 rings (SSSR count). The van der Waals surface area contributed by atoms with Gasteiger partial charge in [0.2, 0.25) is 0 Å². The molecular weight excluding hydrogens is 865 g/mol. The van der Waals surface area contributed by atoms with Gasteiger partial charge in [-0.2, -0.15) is 0 Å². The van der Waals surface area contributed by atoms with Crippen molar-refractivity contribution >= 4 is 17.9 Å². The van der Waals surface area contributed by atoms with Crippen molar-refractivity contribution < 1.29 is 28.6 Å². The third-order valence-electron chi connectivity index (χ3n) is 13.9. The van der Waals surface area contributed by atoms with E-state index < -0.39 is 6.10 Å². The summed E-state index contributed by atoms with van der Waals surface area (Å²) in [7, 11) is 0. The average Bonchev–Trinajstić information content (AvgIpc) is 3.36. The highest BCUT2D eigenvalue weighted by molar-refractivity contribution is 5.71. The lowest BCUT2D eigenvalue weighted by Gasteiger charge is -2.18. The number of unbranched alkanes of at least 4 members (excludes halogenated alkanes) is 41. The van der Waals surface area contributed by atoms with Crippen LogP contribution in [0.1, 0.15) is 335 Å². The van der Waals surface area contributed by atoms with E-state index in [-0.39, 0.29) is 31.1 Å². The Bertz CT molecular complexity index is 1170. The van der Waals surface area contributed by atoms with Crippen LogP contribution in [0.15, 0.2) is 36.5 Å². The summed E-state index contributed by atoms with van der Waals surface area (Å²) < 4.78 is 16.9. The van der Waals surface area contributed by atoms with Crippen molar-refractivity contribution in [2.24, 2.45) is 0 Å². The summed E-state index contributed by atoms with van der Waals surface area (Å²) in [5.74, 6) is -0.874. The Balaban J connectivity index is 4.35. The Morgan fingerprint density at radius 3 is 0.814 bits per heavy atom. The second-order valence-electron chi connectivity index (χ2n) is 21.0. The van der Waals surface area contributed by atoms with Crippen LogP contribution in [0.2, 0.25) is 0 Å². The molecule has 6 nitrogen and oxygen atoms in total. The number of rotatable bonds is 57. The highest BCUT2D eigenvalue weighted by Crippen LogP contribution is 2.17. The third kappa shape index (κ3) is 56.5. The lowest BCUT2D eigenvalue weighted by Crippen LogP contribution is -2.30. The number of hydrogen-bond donors (Lipinski definition) is 0. The van der Waals surface area contributed by atoms with Gasteiger partial charge in [-0.1, -0.05) is 282 Å². The Kier molecular flexibility index (Phi) is 57.2. The molecule has 6 heteroatoms. The van der Waals surface area contributed by atoms with Crippen LogP contribution < -0.4 is 0 Å². The average molecular weight is 984 g/mol. The monoisotopic (exact) mass is 983 g/mol. The maximum Gasteiger partial charge on any atom is 0.306 e. The van der Waals surface area contributed by atoms with Crippen molar-refractivity contribution in [3.8, 4) is 0 Å². The molecule has 1 unspecified atom stereocenters. The fourth-order valence-corrected chi connectivity index (χ4v) is 9.20. The zero-order valence-corrected chi connectivity index (χ0v) is 47.1. The summed E-state index contributed by atoms with van der Waals surface area (Å²) in [4.78, 5) is 38.2. The molecule has 0 aliphatic carbocycles. The second-order valence-corrected chi connectivity index (χ2v) is 21.0. The summed E-state index contributed by atoms with van der Waals surface area (Å²) in [6, 6.07) is 0. The van der Waals surface area contributed by atoms with E-state index in [9.17, 15) is 14.4 Å². The van der Waals surface area contributed by atoms with Crippen LogP contribution in [0.5, 0.6) is 0 Å². The van der Waals surface area contributed by atoms with E-state index in [2.05, 4.69) is 57.2 Å². The smallest absolute Gasteiger partial charge is 0.306 e. The maximum atomic E-state index is 12.9. The van der Waals surface area contributed by atoms with Gasteiger partial charge in [0.25, 0.3) is 0 Å². The minimum atomic E-state index is -0.780. The first-order chi connectivity index (χ1) is 34.5. The predicted octanol–water partition coefficient (Wildman–Crippen LogP) is 20.8. The number of carbonyl (C=O) groups excluding carboxylic acids is 3. The fourth-order valence-electron chi connectivity index (χ4n) is 9.20.